The molecule has 3 rings (SSSR count). The van der Waals surface area contributed by atoms with Crippen LogP contribution >= 0.6 is 11.3 Å². The molecule has 0 unspecified atom stereocenters. The predicted molar refractivity (Wildman–Crippen MR) is 101 cm³/mol. The fourth-order valence-corrected chi connectivity index (χ4v) is 5.06. The van der Waals surface area contributed by atoms with Crippen LogP contribution in [0.3, 0.4) is 0 Å². The van der Waals surface area contributed by atoms with E-state index < -0.39 is 5.97 Å². The van der Waals surface area contributed by atoms with Gasteiger partial charge in [0.25, 0.3) is 5.91 Å². The fourth-order valence-electron chi connectivity index (χ4n) is 3.74. The van der Waals surface area contributed by atoms with Gasteiger partial charge in [-0.25, -0.2) is 4.79 Å². The van der Waals surface area contributed by atoms with Crippen LogP contribution in [0.25, 0.3) is 0 Å². The van der Waals surface area contributed by atoms with E-state index in [1.165, 1.54) is 18.3 Å². The van der Waals surface area contributed by atoms with Crippen molar-refractivity contribution >= 4 is 34.1 Å². The summed E-state index contributed by atoms with van der Waals surface area (Å²) in [6.45, 7) is 4.76. The van der Waals surface area contributed by atoms with Crippen LogP contribution in [0.4, 0.5) is 5.00 Å². The first-order valence-electron chi connectivity index (χ1n) is 9.32. The maximum Gasteiger partial charge on any atom is 0.341 e. The third-order valence-corrected chi connectivity index (χ3v) is 6.21. The minimum atomic E-state index is -0.508. The second-order valence-corrected chi connectivity index (χ2v) is 8.36. The number of esters is 1. The molecule has 2 heterocycles. The van der Waals surface area contributed by atoms with Crippen LogP contribution in [-0.2, 0) is 27.2 Å². The molecule has 26 heavy (non-hydrogen) atoms. The molecule has 1 atom stereocenters. The Morgan fingerprint density at radius 2 is 2.00 bits per heavy atom. The minimum absolute atomic E-state index is 0.143. The number of nitrogens with zero attached hydrogens (tertiary/aromatic N) is 1. The van der Waals surface area contributed by atoms with Crippen LogP contribution in [-0.4, -0.2) is 42.4 Å². The summed E-state index contributed by atoms with van der Waals surface area (Å²) in [5.74, 6) is -0.378. The first kappa shape index (κ1) is 18.9. The van der Waals surface area contributed by atoms with Crippen molar-refractivity contribution in [3.63, 3.8) is 0 Å². The Hall–Kier alpha value is -1.89. The molecule has 142 valence electrons. The number of aryl methyl sites for hydroxylation is 1. The smallest absolute Gasteiger partial charge is 0.341 e. The minimum Gasteiger partial charge on any atom is -0.452 e. The van der Waals surface area contributed by atoms with Crippen molar-refractivity contribution < 1.29 is 19.1 Å². The van der Waals surface area contributed by atoms with Crippen molar-refractivity contribution in [2.75, 3.05) is 25.0 Å². The molecule has 2 aliphatic rings. The van der Waals surface area contributed by atoms with Gasteiger partial charge in [-0.3, -0.25) is 9.59 Å². The van der Waals surface area contributed by atoms with E-state index in [1.54, 1.807) is 4.90 Å². The summed E-state index contributed by atoms with van der Waals surface area (Å²) in [5.41, 5.74) is 1.42. The van der Waals surface area contributed by atoms with Crippen LogP contribution < -0.4 is 5.32 Å². The lowest BCUT2D eigenvalue weighted by molar-refractivity contribution is -0.136. The molecular formula is C19H26N2O4S. The molecule has 0 radical (unpaired) electrons. The molecule has 0 aromatic carbocycles. The van der Waals surface area contributed by atoms with Crippen molar-refractivity contribution in [2.24, 2.45) is 5.92 Å². The molecular weight excluding hydrogens is 352 g/mol. The number of thiophene rings is 1. The first-order valence-corrected chi connectivity index (χ1v) is 10.1. The standard InChI is InChI=1S/C19H26N2O4S/c1-12-6-5-9-21(10-12)16(23)11-25-19(24)17-14-7-3-4-8-15(14)26-18(17)20-13(2)22/h12H,3-11H2,1-2H3,(H,20,22)/t12-/m0/s1. The molecule has 1 fully saturated rings. The van der Waals surface area contributed by atoms with Gasteiger partial charge < -0.3 is 15.0 Å². The van der Waals surface area contributed by atoms with Crippen LogP contribution in [0.1, 0.15) is 60.3 Å². The summed E-state index contributed by atoms with van der Waals surface area (Å²) in [5, 5.41) is 3.30. The van der Waals surface area contributed by atoms with Gasteiger partial charge in [0.1, 0.15) is 5.00 Å². The molecule has 0 spiro atoms. The maximum absolute atomic E-state index is 12.7. The summed E-state index contributed by atoms with van der Waals surface area (Å²) < 4.78 is 5.35. The van der Waals surface area contributed by atoms with E-state index in [1.807, 2.05) is 0 Å². The van der Waals surface area contributed by atoms with Crippen LogP contribution in [0.15, 0.2) is 0 Å². The number of likely N-dealkylation sites (tertiary alicyclic amines) is 1. The Labute approximate surface area is 157 Å². The number of hydrogen-bond acceptors (Lipinski definition) is 5. The number of carbonyl (C=O) groups is 3. The predicted octanol–water partition coefficient (Wildman–Crippen LogP) is 3.00. The number of carbonyl (C=O) groups excluding carboxylic acids is 3. The molecule has 7 heteroatoms. The summed E-state index contributed by atoms with van der Waals surface area (Å²) in [6, 6.07) is 0. The van der Waals surface area contributed by atoms with Gasteiger partial charge >= 0.3 is 5.97 Å². The van der Waals surface area contributed by atoms with Crippen LogP contribution in [0.5, 0.6) is 0 Å². The van der Waals surface area contributed by atoms with Gasteiger partial charge in [0.15, 0.2) is 6.61 Å². The summed E-state index contributed by atoms with van der Waals surface area (Å²) in [4.78, 5) is 39.5. The van der Waals surface area contributed by atoms with Crippen molar-refractivity contribution in [3.8, 4) is 0 Å². The second kappa shape index (κ2) is 8.20. The highest BCUT2D eigenvalue weighted by Crippen LogP contribution is 2.38. The highest BCUT2D eigenvalue weighted by molar-refractivity contribution is 7.17. The van der Waals surface area contributed by atoms with Crippen molar-refractivity contribution in [2.45, 2.75) is 52.4 Å². The number of anilines is 1. The number of rotatable bonds is 4. The quantitative estimate of drug-likeness (QED) is 0.817. The average Bonchev–Trinajstić information content (AvgIpc) is 2.96. The Kier molecular flexibility index (Phi) is 5.96. The lowest BCUT2D eigenvalue weighted by Gasteiger charge is -2.30. The summed E-state index contributed by atoms with van der Waals surface area (Å²) in [6.07, 6.45) is 5.97. The van der Waals surface area contributed by atoms with Crippen LogP contribution in [0.2, 0.25) is 0 Å². The zero-order valence-corrected chi connectivity index (χ0v) is 16.2. The number of amides is 2. The number of nitrogens with one attached hydrogen (secondary N) is 1. The molecule has 0 saturated carbocycles. The van der Waals surface area contributed by atoms with Gasteiger partial charge in [0.2, 0.25) is 5.91 Å². The maximum atomic E-state index is 12.7. The normalized spacial score (nSPS) is 19.6. The van der Waals surface area contributed by atoms with Crippen molar-refractivity contribution in [1.82, 2.24) is 4.90 Å². The summed E-state index contributed by atoms with van der Waals surface area (Å²) in [7, 11) is 0. The first-order chi connectivity index (χ1) is 12.5. The lowest BCUT2D eigenvalue weighted by atomic mass is 9.95. The SMILES string of the molecule is CC(=O)Nc1sc2c(c1C(=O)OCC(=O)N1CCC[C@H](C)C1)CCCC2. The summed E-state index contributed by atoms with van der Waals surface area (Å²) >= 11 is 1.45. The molecule has 0 bridgehead atoms. The number of ether oxygens (including phenoxy) is 1. The third kappa shape index (κ3) is 4.26. The van der Waals surface area contributed by atoms with E-state index in [0.29, 0.717) is 16.5 Å². The lowest BCUT2D eigenvalue weighted by Crippen LogP contribution is -2.41. The van der Waals surface area contributed by atoms with E-state index in [2.05, 4.69) is 12.2 Å². The largest absolute Gasteiger partial charge is 0.452 e. The number of fused-ring (bicyclic) bond motifs is 1. The third-order valence-electron chi connectivity index (χ3n) is 5.00. The van der Waals surface area contributed by atoms with Crippen LogP contribution in [0, 0.1) is 5.92 Å². The van der Waals surface area contributed by atoms with Crippen molar-refractivity contribution in [1.29, 1.82) is 0 Å². The van der Waals surface area contributed by atoms with E-state index in [4.69, 9.17) is 4.74 Å². The van der Waals surface area contributed by atoms with E-state index in [0.717, 1.165) is 62.1 Å². The Balaban J connectivity index is 1.69. The molecule has 1 aliphatic heterocycles. The van der Waals surface area contributed by atoms with E-state index >= 15 is 0 Å². The zero-order valence-electron chi connectivity index (χ0n) is 15.4. The molecule has 6 nitrogen and oxygen atoms in total. The van der Waals surface area contributed by atoms with Gasteiger partial charge in [-0.2, -0.15) is 0 Å². The zero-order chi connectivity index (χ0) is 18.7. The monoisotopic (exact) mass is 378 g/mol. The molecule has 1 aliphatic carbocycles. The van der Waals surface area contributed by atoms with E-state index in [-0.39, 0.29) is 18.4 Å². The number of hydrogen-bond donors (Lipinski definition) is 1. The highest BCUT2D eigenvalue weighted by Gasteiger charge is 2.28. The fraction of sp³-hybridized carbons (Fsp3) is 0.632. The Bertz CT molecular complexity index is 713. The Morgan fingerprint density at radius 1 is 1.23 bits per heavy atom. The van der Waals surface area contributed by atoms with Crippen molar-refractivity contribution in [3.05, 3.63) is 16.0 Å². The second-order valence-electron chi connectivity index (χ2n) is 7.26. The Morgan fingerprint density at radius 3 is 2.73 bits per heavy atom. The molecule has 1 N–H and O–H groups in total. The van der Waals surface area contributed by atoms with Gasteiger partial charge in [-0.1, -0.05) is 6.92 Å². The van der Waals surface area contributed by atoms with Gasteiger partial charge in [-0.05, 0) is 50.0 Å². The van der Waals surface area contributed by atoms with Gasteiger partial charge in [0.05, 0.1) is 5.56 Å². The molecule has 2 amide bonds. The molecule has 1 aromatic heterocycles. The molecule has 1 aromatic rings. The van der Waals surface area contributed by atoms with E-state index in [9.17, 15) is 14.4 Å². The average molecular weight is 378 g/mol. The van der Waals surface area contributed by atoms with Gasteiger partial charge in [0, 0.05) is 24.9 Å². The highest BCUT2D eigenvalue weighted by atomic mass is 32.1. The topological polar surface area (TPSA) is 75.7 Å². The van der Waals surface area contributed by atoms with Gasteiger partial charge in [-0.15, -0.1) is 11.3 Å². The molecule has 1 saturated heterocycles. The number of piperidine rings is 1.